The Labute approximate surface area is 122 Å². The molecule has 2 aromatic rings. The molecule has 2 aromatic carbocycles. The van der Waals surface area contributed by atoms with E-state index in [9.17, 15) is 0 Å². The van der Waals surface area contributed by atoms with Crippen LogP contribution in [0.1, 0.15) is 48.4 Å². The predicted molar refractivity (Wildman–Crippen MR) is 86.2 cm³/mol. The molecule has 0 amide bonds. The van der Waals surface area contributed by atoms with Crippen molar-refractivity contribution in [3.05, 3.63) is 70.8 Å². The van der Waals surface area contributed by atoms with Crippen molar-refractivity contribution < 1.29 is 0 Å². The van der Waals surface area contributed by atoms with E-state index in [4.69, 9.17) is 0 Å². The van der Waals surface area contributed by atoms with Crippen LogP contribution in [0.25, 0.3) is 0 Å². The minimum Gasteiger partial charge on any atom is -0.0651 e. The molecule has 0 N–H and O–H groups in total. The zero-order valence-electron chi connectivity index (χ0n) is 12.6. The Bertz CT molecular complexity index is 582. The molecule has 2 unspecified atom stereocenters. The van der Waals surface area contributed by atoms with E-state index in [1.54, 1.807) is 22.3 Å². The van der Waals surface area contributed by atoms with Gasteiger partial charge in [-0.25, -0.2) is 0 Å². The Morgan fingerprint density at radius 3 is 2.25 bits per heavy atom. The molecule has 0 heterocycles. The topological polar surface area (TPSA) is 0 Å². The fourth-order valence-electron chi connectivity index (χ4n) is 3.53. The van der Waals surface area contributed by atoms with Crippen LogP contribution in [-0.4, -0.2) is 0 Å². The smallest absolute Gasteiger partial charge is 0.00930 e. The molecule has 3 rings (SSSR count). The summed E-state index contributed by atoms with van der Waals surface area (Å²) in [4.78, 5) is 0. The van der Waals surface area contributed by atoms with E-state index in [2.05, 4.69) is 62.4 Å². The van der Waals surface area contributed by atoms with Crippen LogP contribution >= 0.6 is 0 Å². The molecule has 1 aliphatic rings. The average molecular weight is 264 g/mol. The molecule has 0 saturated heterocycles. The highest BCUT2D eigenvalue weighted by molar-refractivity contribution is 5.38. The molecule has 0 saturated carbocycles. The Morgan fingerprint density at radius 2 is 1.50 bits per heavy atom. The van der Waals surface area contributed by atoms with Crippen molar-refractivity contribution in [2.24, 2.45) is 5.92 Å². The van der Waals surface area contributed by atoms with Gasteiger partial charge in [0.2, 0.25) is 0 Å². The van der Waals surface area contributed by atoms with Crippen LogP contribution in [0.2, 0.25) is 0 Å². The fourth-order valence-corrected chi connectivity index (χ4v) is 3.53. The van der Waals surface area contributed by atoms with Crippen molar-refractivity contribution in [3.63, 3.8) is 0 Å². The molecule has 0 spiro atoms. The Balaban J connectivity index is 2.06. The fraction of sp³-hybridized carbons (Fsp3) is 0.400. The first-order valence-electron chi connectivity index (χ1n) is 7.94. The van der Waals surface area contributed by atoms with Crippen molar-refractivity contribution in [2.75, 3.05) is 0 Å². The summed E-state index contributed by atoms with van der Waals surface area (Å²) in [7, 11) is 0. The number of hydrogen-bond acceptors (Lipinski definition) is 0. The zero-order valence-corrected chi connectivity index (χ0v) is 12.6. The van der Waals surface area contributed by atoms with Gasteiger partial charge in [0.05, 0.1) is 0 Å². The van der Waals surface area contributed by atoms with Crippen molar-refractivity contribution in [3.8, 4) is 0 Å². The van der Waals surface area contributed by atoms with Gasteiger partial charge in [-0.3, -0.25) is 0 Å². The predicted octanol–water partition coefficient (Wildman–Crippen LogP) is 5.16. The van der Waals surface area contributed by atoms with E-state index >= 15 is 0 Å². The third-order valence-electron chi connectivity index (χ3n) is 5.01. The highest BCUT2D eigenvalue weighted by atomic mass is 14.3. The highest BCUT2D eigenvalue weighted by Gasteiger charge is 2.23. The van der Waals surface area contributed by atoms with Gasteiger partial charge in [-0.05, 0) is 53.4 Å². The maximum absolute atomic E-state index is 2.41. The molecule has 20 heavy (non-hydrogen) atoms. The quantitative estimate of drug-likeness (QED) is 0.703. The summed E-state index contributed by atoms with van der Waals surface area (Å²) in [6.45, 7) is 4.73. The van der Waals surface area contributed by atoms with Crippen LogP contribution in [0.4, 0.5) is 0 Å². The third-order valence-corrected chi connectivity index (χ3v) is 5.01. The van der Waals surface area contributed by atoms with Crippen molar-refractivity contribution in [2.45, 2.75) is 45.4 Å². The summed E-state index contributed by atoms with van der Waals surface area (Å²) in [6.07, 6.45) is 4.81. The molecule has 0 heteroatoms. The van der Waals surface area contributed by atoms with Gasteiger partial charge in [0.25, 0.3) is 0 Å². The van der Waals surface area contributed by atoms with Crippen LogP contribution in [0.5, 0.6) is 0 Å². The van der Waals surface area contributed by atoms with Gasteiger partial charge in [-0.1, -0.05) is 68.8 Å². The largest absolute Gasteiger partial charge is 0.0651 e. The molecule has 104 valence electrons. The monoisotopic (exact) mass is 264 g/mol. The van der Waals surface area contributed by atoms with Gasteiger partial charge in [-0.2, -0.15) is 0 Å². The van der Waals surface area contributed by atoms with Gasteiger partial charge in [0.1, 0.15) is 0 Å². The molecule has 0 aliphatic heterocycles. The first-order valence-corrected chi connectivity index (χ1v) is 7.94. The van der Waals surface area contributed by atoms with Crippen molar-refractivity contribution in [1.82, 2.24) is 0 Å². The molecule has 0 fully saturated rings. The summed E-state index contributed by atoms with van der Waals surface area (Å²) in [5.74, 6) is 1.40. The van der Waals surface area contributed by atoms with Crippen molar-refractivity contribution in [1.29, 1.82) is 0 Å². The minimum atomic E-state index is 0.664. The second-order valence-electron chi connectivity index (χ2n) is 6.16. The molecule has 0 bridgehead atoms. The van der Waals surface area contributed by atoms with E-state index < -0.39 is 0 Å². The number of hydrogen-bond donors (Lipinski definition) is 0. The highest BCUT2D eigenvalue weighted by Crippen LogP contribution is 2.35. The van der Waals surface area contributed by atoms with Gasteiger partial charge < -0.3 is 0 Å². The van der Waals surface area contributed by atoms with Crippen LogP contribution in [-0.2, 0) is 19.3 Å². The summed E-state index contributed by atoms with van der Waals surface area (Å²) >= 11 is 0. The van der Waals surface area contributed by atoms with E-state index in [-0.39, 0.29) is 0 Å². The molecule has 1 aliphatic carbocycles. The number of aryl methyl sites for hydroxylation is 2. The lowest BCUT2D eigenvalue weighted by atomic mass is 9.76. The Morgan fingerprint density at radius 1 is 0.900 bits per heavy atom. The zero-order chi connectivity index (χ0) is 13.9. The second-order valence-corrected chi connectivity index (χ2v) is 6.16. The minimum absolute atomic E-state index is 0.664. The SMILES string of the molecule is CCC(C)C1Cc2ccccc2CCc2ccccc21. The molecule has 2 atom stereocenters. The van der Waals surface area contributed by atoms with Crippen molar-refractivity contribution >= 4 is 0 Å². The maximum Gasteiger partial charge on any atom is -0.00930 e. The number of rotatable bonds is 2. The Kier molecular flexibility index (Phi) is 3.91. The van der Waals surface area contributed by atoms with Gasteiger partial charge in [0.15, 0.2) is 0 Å². The normalized spacial score (nSPS) is 19.4. The summed E-state index contributed by atoms with van der Waals surface area (Å²) in [6, 6.07) is 18.1. The Hall–Kier alpha value is -1.56. The second kappa shape index (κ2) is 5.83. The molecule has 0 radical (unpaired) electrons. The lowest BCUT2D eigenvalue weighted by Crippen LogP contribution is -2.17. The van der Waals surface area contributed by atoms with Gasteiger partial charge >= 0.3 is 0 Å². The number of fused-ring (bicyclic) bond motifs is 2. The van der Waals surface area contributed by atoms with Gasteiger partial charge in [-0.15, -0.1) is 0 Å². The lowest BCUT2D eigenvalue weighted by Gasteiger charge is -2.29. The third kappa shape index (κ3) is 2.52. The summed E-state index contributed by atoms with van der Waals surface area (Å²) < 4.78 is 0. The summed E-state index contributed by atoms with van der Waals surface area (Å²) in [5, 5.41) is 0. The standard InChI is InChI=1S/C20H24/c1-3-15(2)20-14-18-10-5-4-8-16(18)12-13-17-9-6-7-11-19(17)20/h4-11,15,20H,3,12-14H2,1-2H3. The maximum atomic E-state index is 2.41. The molecule has 0 aromatic heterocycles. The molecular weight excluding hydrogens is 240 g/mol. The van der Waals surface area contributed by atoms with Crippen LogP contribution in [0.15, 0.2) is 48.5 Å². The van der Waals surface area contributed by atoms with Gasteiger partial charge in [0, 0.05) is 0 Å². The lowest BCUT2D eigenvalue weighted by molar-refractivity contribution is 0.437. The van der Waals surface area contributed by atoms with Crippen LogP contribution in [0.3, 0.4) is 0 Å². The van der Waals surface area contributed by atoms with Crippen LogP contribution in [0, 0.1) is 5.92 Å². The van der Waals surface area contributed by atoms with E-state index in [1.165, 1.54) is 25.7 Å². The first-order chi connectivity index (χ1) is 9.79. The summed E-state index contributed by atoms with van der Waals surface area (Å²) in [5.41, 5.74) is 6.27. The van der Waals surface area contributed by atoms with Crippen LogP contribution < -0.4 is 0 Å². The average Bonchev–Trinajstić information content (AvgIpc) is 2.49. The number of benzene rings is 2. The van der Waals surface area contributed by atoms with E-state index in [0.29, 0.717) is 5.92 Å². The van der Waals surface area contributed by atoms with E-state index in [1.807, 2.05) is 0 Å². The van der Waals surface area contributed by atoms with E-state index in [0.717, 1.165) is 5.92 Å². The first kappa shape index (κ1) is 13.4. The molecule has 0 nitrogen and oxygen atoms in total. The molecular formula is C20H24.